The first-order valence-electron chi connectivity index (χ1n) is 5.51. The third-order valence-electron chi connectivity index (χ3n) is 2.85. The lowest BCUT2D eigenvalue weighted by atomic mass is 9.73. The summed E-state index contributed by atoms with van der Waals surface area (Å²) in [5, 5.41) is 0. The normalized spacial score (nSPS) is 21.7. The lowest BCUT2D eigenvalue weighted by Gasteiger charge is -2.30. The minimum absolute atomic E-state index is 0.0369. The van der Waals surface area contributed by atoms with Gasteiger partial charge in [-0.1, -0.05) is 26.0 Å². The fourth-order valence-corrected chi connectivity index (χ4v) is 2.24. The van der Waals surface area contributed by atoms with Crippen molar-refractivity contribution in [3.05, 3.63) is 23.3 Å². The fourth-order valence-electron chi connectivity index (χ4n) is 2.24. The van der Waals surface area contributed by atoms with Gasteiger partial charge in [0.05, 0.1) is 0 Å². The molecule has 0 heterocycles. The highest BCUT2D eigenvalue weighted by Crippen LogP contribution is 2.37. The lowest BCUT2D eigenvalue weighted by Crippen LogP contribution is -2.28. The Bertz CT molecular complexity index is 321. The number of hydrogen-bond acceptors (Lipinski definition) is 2. The Kier molecular flexibility index (Phi) is 3.50. The van der Waals surface area contributed by atoms with Crippen molar-refractivity contribution >= 4 is 5.78 Å². The van der Waals surface area contributed by atoms with Crippen LogP contribution in [0.5, 0.6) is 0 Å². The van der Waals surface area contributed by atoms with Crippen LogP contribution in [0.2, 0.25) is 0 Å². The van der Waals surface area contributed by atoms with Crippen molar-refractivity contribution in [2.24, 2.45) is 11.1 Å². The van der Waals surface area contributed by atoms with E-state index in [4.69, 9.17) is 5.73 Å². The second kappa shape index (κ2) is 4.31. The predicted molar refractivity (Wildman–Crippen MR) is 63.5 cm³/mol. The Morgan fingerprint density at radius 2 is 2.20 bits per heavy atom. The molecule has 1 atom stereocenters. The highest BCUT2D eigenvalue weighted by molar-refractivity contribution is 5.98. The molecule has 0 radical (unpaired) electrons. The molecule has 0 aromatic rings. The number of ketones is 1. The number of carbonyl (C=O) groups is 1. The van der Waals surface area contributed by atoms with E-state index >= 15 is 0 Å². The summed E-state index contributed by atoms with van der Waals surface area (Å²) >= 11 is 0. The third kappa shape index (κ3) is 2.78. The van der Waals surface area contributed by atoms with Crippen LogP contribution in [-0.4, -0.2) is 11.8 Å². The van der Waals surface area contributed by atoms with Crippen LogP contribution in [0, 0.1) is 5.41 Å². The van der Waals surface area contributed by atoms with Crippen LogP contribution >= 0.6 is 0 Å². The Morgan fingerprint density at radius 3 is 2.67 bits per heavy atom. The maximum Gasteiger partial charge on any atom is 0.161 e. The molecule has 2 heteroatoms. The summed E-state index contributed by atoms with van der Waals surface area (Å²) in [6.45, 7) is 8.12. The second-order valence-corrected chi connectivity index (χ2v) is 5.15. The second-order valence-electron chi connectivity index (χ2n) is 5.15. The number of Topliss-reactive ketones (excluding diaryl/α,β-unsaturated/α-hetero) is 1. The van der Waals surface area contributed by atoms with Gasteiger partial charge < -0.3 is 5.73 Å². The van der Waals surface area contributed by atoms with Crippen LogP contribution in [-0.2, 0) is 4.79 Å². The molecule has 0 amide bonds. The molecular formula is C13H21NO. The summed E-state index contributed by atoms with van der Waals surface area (Å²) in [5.74, 6) is 0.205. The average molecular weight is 207 g/mol. The molecule has 2 N–H and O–H groups in total. The summed E-state index contributed by atoms with van der Waals surface area (Å²) in [6, 6.07) is -0.0560. The maximum atomic E-state index is 12.1. The number of hydrogen-bond donors (Lipinski definition) is 1. The van der Waals surface area contributed by atoms with E-state index in [1.54, 1.807) is 0 Å². The standard InChI is InChI=1S/C13H21NO/c1-9-6-5-7-13(3,4)12(9)11(15)8-10(2)14/h5-6,10H,7-8,14H2,1-4H3. The monoisotopic (exact) mass is 207 g/mol. The molecule has 1 aliphatic carbocycles. The van der Waals surface area contributed by atoms with Crippen LogP contribution in [0.3, 0.4) is 0 Å². The van der Waals surface area contributed by atoms with E-state index in [9.17, 15) is 4.79 Å². The van der Waals surface area contributed by atoms with Crippen LogP contribution in [0.25, 0.3) is 0 Å². The van der Waals surface area contributed by atoms with Gasteiger partial charge in [0.2, 0.25) is 0 Å². The summed E-state index contributed by atoms with van der Waals surface area (Å²) in [5.41, 5.74) is 7.69. The zero-order valence-corrected chi connectivity index (χ0v) is 10.1. The molecule has 0 aliphatic heterocycles. The van der Waals surface area contributed by atoms with Gasteiger partial charge in [-0.05, 0) is 31.3 Å². The van der Waals surface area contributed by atoms with Gasteiger partial charge in [0, 0.05) is 18.0 Å². The van der Waals surface area contributed by atoms with E-state index in [2.05, 4.69) is 19.9 Å². The Labute approximate surface area is 92.2 Å². The van der Waals surface area contributed by atoms with Gasteiger partial charge in [-0.25, -0.2) is 0 Å². The van der Waals surface area contributed by atoms with E-state index in [-0.39, 0.29) is 17.2 Å². The fraction of sp³-hybridized carbons (Fsp3) is 0.615. The van der Waals surface area contributed by atoms with Gasteiger partial charge in [0.1, 0.15) is 0 Å². The number of rotatable bonds is 3. The molecule has 84 valence electrons. The van der Waals surface area contributed by atoms with Crippen molar-refractivity contribution in [2.45, 2.75) is 46.6 Å². The number of allylic oxidation sites excluding steroid dienone is 4. The van der Waals surface area contributed by atoms with Gasteiger partial charge in [-0.15, -0.1) is 0 Å². The van der Waals surface area contributed by atoms with E-state index in [0.717, 1.165) is 17.6 Å². The van der Waals surface area contributed by atoms with Crippen molar-refractivity contribution in [3.63, 3.8) is 0 Å². The SMILES string of the molecule is CC1=C(C(=O)CC(C)N)C(C)(C)CC=C1. The summed E-state index contributed by atoms with van der Waals surface area (Å²) in [7, 11) is 0. The molecule has 2 nitrogen and oxygen atoms in total. The highest BCUT2D eigenvalue weighted by Gasteiger charge is 2.30. The molecule has 0 aromatic carbocycles. The van der Waals surface area contributed by atoms with Gasteiger partial charge in [-0.2, -0.15) is 0 Å². The first-order valence-corrected chi connectivity index (χ1v) is 5.51. The molecule has 1 unspecified atom stereocenters. The van der Waals surface area contributed by atoms with Crippen LogP contribution < -0.4 is 5.73 Å². The minimum atomic E-state index is -0.0560. The molecule has 0 bridgehead atoms. The van der Waals surface area contributed by atoms with Crippen molar-refractivity contribution in [1.82, 2.24) is 0 Å². The van der Waals surface area contributed by atoms with Gasteiger partial charge >= 0.3 is 0 Å². The van der Waals surface area contributed by atoms with E-state index < -0.39 is 0 Å². The van der Waals surface area contributed by atoms with Crippen LogP contribution in [0.4, 0.5) is 0 Å². The smallest absolute Gasteiger partial charge is 0.161 e. The van der Waals surface area contributed by atoms with E-state index in [1.165, 1.54) is 0 Å². The molecule has 0 saturated carbocycles. The topological polar surface area (TPSA) is 43.1 Å². The molecule has 1 aliphatic rings. The summed E-state index contributed by atoms with van der Waals surface area (Å²) < 4.78 is 0. The summed E-state index contributed by atoms with van der Waals surface area (Å²) in [4.78, 5) is 12.1. The molecule has 0 aromatic heterocycles. The Balaban J connectivity index is 2.98. The van der Waals surface area contributed by atoms with E-state index in [0.29, 0.717) is 6.42 Å². The van der Waals surface area contributed by atoms with Crippen molar-refractivity contribution < 1.29 is 4.79 Å². The van der Waals surface area contributed by atoms with Gasteiger partial charge in [0.25, 0.3) is 0 Å². The zero-order chi connectivity index (χ0) is 11.6. The van der Waals surface area contributed by atoms with Crippen molar-refractivity contribution in [1.29, 1.82) is 0 Å². The van der Waals surface area contributed by atoms with Gasteiger partial charge in [-0.3, -0.25) is 4.79 Å². The molecule has 0 spiro atoms. The van der Waals surface area contributed by atoms with Gasteiger partial charge in [0.15, 0.2) is 5.78 Å². The predicted octanol–water partition coefficient (Wildman–Crippen LogP) is 2.60. The molecule has 0 saturated heterocycles. The molecule has 1 rings (SSSR count). The number of nitrogens with two attached hydrogens (primary N) is 1. The summed E-state index contributed by atoms with van der Waals surface area (Å²) in [6.07, 6.45) is 5.56. The highest BCUT2D eigenvalue weighted by atomic mass is 16.1. The molecule has 15 heavy (non-hydrogen) atoms. The largest absolute Gasteiger partial charge is 0.328 e. The number of carbonyl (C=O) groups excluding carboxylic acids is 1. The van der Waals surface area contributed by atoms with Crippen LogP contribution in [0.1, 0.15) is 40.5 Å². The maximum absolute atomic E-state index is 12.1. The Morgan fingerprint density at radius 1 is 1.60 bits per heavy atom. The third-order valence-corrected chi connectivity index (χ3v) is 2.85. The first-order chi connectivity index (χ1) is 6.84. The average Bonchev–Trinajstić information content (AvgIpc) is 1.99. The van der Waals surface area contributed by atoms with Crippen molar-refractivity contribution in [2.75, 3.05) is 0 Å². The zero-order valence-electron chi connectivity index (χ0n) is 10.1. The Hall–Kier alpha value is -0.890. The quantitative estimate of drug-likeness (QED) is 0.773. The van der Waals surface area contributed by atoms with Crippen LogP contribution in [0.15, 0.2) is 23.3 Å². The lowest BCUT2D eigenvalue weighted by molar-refractivity contribution is -0.116. The van der Waals surface area contributed by atoms with E-state index in [1.807, 2.05) is 19.9 Å². The molecule has 0 fully saturated rings. The molecular weight excluding hydrogens is 186 g/mol. The van der Waals surface area contributed by atoms with Crippen molar-refractivity contribution in [3.8, 4) is 0 Å². The first kappa shape index (κ1) is 12.2. The minimum Gasteiger partial charge on any atom is -0.328 e.